The first-order chi connectivity index (χ1) is 13.3. The summed E-state index contributed by atoms with van der Waals surface area (Å²) in [7, 11) is 0. The van der Waals surface area contributed by atoms with Crippen molar-refractivity contribution in [3.8, 4) is 0 Å². The van der Waals surface area contributed by atoms with Crippen LogP contribution in [0.2, 0.25) is 0 Å². The standard InChI is InChI=1S/C21H18F2N2O2S/c1-12-10-18(25-20(26)14-6-5-7-15(22)11-14)28-19(12)21(27)24-13(2)16-8-3-4-9-17(16)23/h3-11,13H,1-2H3,(H,24,27)(H,25,26). The van der Waals surface area contributed by atoms with E-state index in [0.717, 1.165) is 17.4 Å². The van der Waals surface area contributed by atoms with Gasteiger partial charge in [-0.25, -0.2) is 8.78 Å². The van der Waals surface area contributed by atoms with Crippen LogP contribution in [-0.4, -0.2) is 11.8 Å². The largest absolute Gasteiger partial charge is 0.345 e. The maximum atomic E-state index is 13.9. The van der Waals surface area contributed by atoms with Crippen LogP contribution in [0.5, 0.6) is 0 Å². The number of anilines is 1. The molecule has 0 radical (unpaired) electrons. The monoisotopic (exact) mass is 400 g/mol. The number of rotatable bonds is 5. The highest BCUT2D eigenvalue weighted by atomic mass is 32.1. The van der Waals surface area contributed by atoms with E-state index in [1.165, 1.54) is 24.3 Å². The van der Waals surface area contributed by atoms with Crippen LogP contribution in [0, 0.1) is 18.6 Å². The Hall–Kier alpha value is -3.06. The summed E-state index contributed by atoms with van der Waals surface area (Å²) < 4.78 is 27.2. The van der Waals surface area contributed by atoms with Gasteiger partial charge in [0, 0.05) is 11.1 Å². The first-order valence-electron chi connectivity index (χ1n) is 8.58. The summed E-state index contributed by atoms with van der Waals surface area (Å²) in [4.78, 5) is 25.2. The first kappa shape index (κ1) is 19.7. The van der Waals surface area contributed by atoms with Crippen molar-refractivity contribution in [2.75, 3.05) is 5.32 Å². The highest BCUT2D eigenvalue weighted by Crippen LogP contribution is 2.28. The fraction of sp³-hybridized carbons (Fsp3) is 0.143. The molecule has 2 aromatic carbocycles. The Morgan fingerprint density at radius 1 is 1.00 bits per heavy atom. The van der Waals surface area contributed by atoms with Gasteiger partial charge in [0.2, 0.25) is 0 Å². The second-order valence-electron chi connectivity index (χ2n) is 6.30. The molecule has 1 unspecified atom stereocenters. The number of benzene rings is 2. The molecule has 3 aromatic rings. The number of aryl methyl sites for hydroxylation is 1. The summed E-state index contributed by atoms with van der Waals surface area (Å²) in [6.07, 6.45) is 0. The van der Waals surface area contributed by atoms with Crippen LogP contribution in [0.1, 0.15) is 44.1 Å². The Morgan fingerprint density at radius 2 is 1.75 bits per heavy atom. The van der Waals surface area contributed by atoms with Gasteiger partial charge in [0.1, 0.15) is 11.6 Å². The van der Waals surface area contributed by atoms with Crippen LogP contribution in [0.15, 0.2) is 54.6 Å². The van der Waals surface area contributed by atoms with Gasteiger partial charge in [0.15, 0.2) is 0 Å². The minimum absolute atomic E-state index is 0.185. The molecule has 0 spiro atoms. The molecule has 1 atom stereocenters. The average molecular weight is 400 g/mol. The molecule has 3 rings (SSSR count). The van der Waals surface area contributed by atoms with Gasteiger partial charge >= 0.3 is 0 Å². The van der Waals surface area contributed by atoms with Gasteiger partial charge in [-0.05, 0) is 49.7 Å². The molecule has 28 heavy (non-hydrogen) atoms. The van der Waals surface area contributed by atoms with E-state index >= 15 is 0 Å². The van der Waals surface area contributed by atoms with Crippen LogP contribution in [0.25, 0.3) is 0 Å². The molecule has 0 saturated heterocycles. The van der Waals surface area contributed by atoms with Crippen LogP contribution >= 0.6 is 11.3 Å². The lowest BCUT2D eigenvalue weighted by Crippen LogP contribution is -2.27. The lowest BCUT2D eigenvalue weighted by molar-refractivity contribution is 0.0942. The molecule has 2 amide bonds. The predicted molar refractivity (Wildman–Crippen MR) is 106 cm³/mol. The highest BCUT2D eigenvalue weighted by molar-refractivity contribution is 7.18. The van der Waals surface area contributed by atoms with E-state index in [-0.39, 0.29) is 17.3 Å². The lowest BCUT2D eigenvalue weighted by atomic mass is 10.1. The summed E-state index contributed by atoms with van der Waals surface area (Å²) in [5, 5.41) is 5.91. The Labute approximate surface area is 165 Å². The quantitative estimate of drug-likeness (QED) is 0.628. The third-order valence-electron chi connectivity index (χ3n) is 4.17. The molecule has 0 saturated carbocycles. The smallest absolute Gasteiger partial charge is 0.262 e. The van der Waals surface area contributed by atoms with E-state index in [1.807, 2.05) is 0 Å². The minimum atomic E-state index is -0.513. The third-order valence-corrected chi connectivity index (χ3v) is 5.32. The predicted octanol–water partition coefficient (Wildman–Crippen LogP) is 5.08. The summed E-state index contributed by atoms with van der Waals surface area (Å²) >= 11 is 1.10. The number of amides is 2. The van der Waals surface area contributed by atoms with Gasteiger partial charge in [-0.2, -0.15) is 0 Å². The Balaban J connectivity index is 1.72. The van der Waals surface area contributed by atoms with E-state index < -0.39 is 17.8 Å². The fourth-order valence-electron chi connectivity index (χ4n) is 2.75. The molecular formula is C21H18F2N2O2S. The number of hydrogen-bond acceptors (Lipinski definition) is 3. The topological polar surface area (TPSA) is 58.2 Å². The number of carbonyl (C=O) groups is 2. The van der Waals surface area contributed by atoms with Crippen LogP contribution < -0.4 is 10.6 Å². The number of halogens is 2. The average Bonchev–Trinajstić information content (AvgIpc) is 3.02. The molecule has 0 fully saturated rings. The second-order valence-corrected chi connectivity index (χ2v) is 7.36. The Bertz CT molecular complexity index is 1030. The zero-order chi connectivity index (χ0) is 20.3. The summed E-state index contributed by atoms with van der Waals surface area (Å²) in [6, 6.07) is 12.8. The minimum Gasteiger partial charge on any atom is -0.345 e. The van der Waals surface area contributed by atoms with Gasteiger partial charge in [-0.1, -0.05) is 24.3 Å². The number of carbonyl (C=O) groups excluding carboxylic acids is 2. The number of nitrogens with one attached hydrogen (secondary N) is 2. The maximum absolute atomic E-state index is 13.9. The molecule has 0 aliphatic heterocycles. The van der Waals surface area contributed by atoms with E-state index in [0.29, 0.717) is 21.0 Å². The molecule has 7 heteroatoms. The van der Waals surface area contributed by atoms with E-state index in [1.54, 1.807) is 38.1 Å². The van der Waals surface area contributed by atoms with E-state index in [2.05, 4.69) is 10.6 Å². The number of thiophene rings is 1. The molecule has 1 heterocycles. The molecule has 4 nitrogen and oxygen atoms in total. The molecule has 0 aliphatic rings. The SMILES string of the molecule is Cc1cc(NC(=O)c2cccc(F)c2)sc1C(=O)NC(C)c1ccccc1F. The van der Waals surface area contributed by atoms with E-state index in [4.69, 9.17) is 0 Å². The van der Waals surface area contributed by atoms with Crippen molar-refractivity contribution in [1.82, 2.24) is 5.32 Å². The first-order valence-corrected chi connectivity index (χ1v) is 9.39. The Morgan fingerprint density at radius 3 is 2.46 bits per heavy atom. The number of hydrogen-bond donors (Lipinski definition) is 2. The van der Waals surface area contributed by atoms with Crippen molar-refractivity contribution in [2.24, 2.45) is 0 Å². The van der Waals surface area contributed by atoms with Crippen molar-refractivity contribution in [3.05, 3.63) is 87.8 Å². The van der Waals surface area contributed by atoms with Crippen molar-refractivity contribution in [2.45, 2.75) is 19.9 Å². The molecule has 2 N–H and O–H groups in total. The molecule has 1 aromatic heterocycles. The third kappa shape index (κ3) is 4.43. The van der Waals surface area contributed by atoms with Crippen LogP contribution in [-0.2, 0) is 0 Å². The zero-order valence-corrected chi connectivity index (χ0v) is 16.1. The normalized spacial score (nSPS) is 11.7. The van der Waals surface area contributed by atoms with E-state index in [9.17, 15) is 18.4 Å². The summed E-state index contributed by atoms with van der Waals surface area (Å²) in [5.74, 6) is -1.71. The van der Waals surface area contributed by atoms with Crippen LogP contribution in [0.3, 0.4) is 0 Å². The lowest BCUT2D eigenvalue weighted by Gasteiger charge is -2.14. The fourth-order valence-corrected chi connectivity index (χ4v) is 3.72. The van der Waals surface area contributed by atoms with Crippen molar-refractivity contribution in [3.63, 3.8) is 0 Å². The van der Waals surface area contributed by atoms with Crippen molar-refractivity contribution < 1.29 is 18.4 Å². The summed E-state index contributed by atoms with van der Waals surface area (Å²) in [6.45, 7) is 3.45. The molecule has 0 aliphatic carbocycles. The Kier molecular flexibility index (Phi) is 5.84. The maximum Gasteiger partial charge on any atom is 0.262 e. The van der Waals surface area contributed by atoms with Gasteiger partial charge in [-0.3, -0.25) is 9.59 Å². The second kappa shape index (κ2) is 8.31. The van der Waals surface area contributed by atoms with Crippen molar-refractivity contribution in [1.29, 1.82) is 0 Å². The van der Waals surface area contributed by atoms with Gasteiger partial charge in [-0.15, -0.1) is 11.3 Å². The zero-order valence-electron chi connectivity index (χ0n) is 15.3. The van der Waals surface area contributed by atoms with Gasteiger partial charge in [0.05, 0.1) is 15.9 Å². The van der Waals surface area contributed by atoms with Gasteiger partial charge in [0.25, 0.3) is 11.8 Å². The van der Waals surface area contributed by atoms with Gasteiger partial charge < -0.3 is 10.6 Å². The molecule has 0 bridgehead atoms. The highest BCUT2D eigenvalue weighted by Gasteiger charge is 2.19. The van der Waals surface area contributed by atoms with Crippen molar-refractivity contribution >= 4 is 28.2 Å². The van der Waals surface area contributed by atoms with Crippen LogP contribution in [0.4, 0.5) is 13.8 Å². The molecular weight excluding hydrogens is 382 g/mol. The summed E-state index contributed by atoms with van der Waals surface area (Å²) in [5.41, 5.74) is 1.26. The molecule has 144 valence electrons.